The lowest BCUT2D eigenvalue weighted by Crippen LogP contribution is -2.12. The summed E-state index contributed by atoms with van der Waals surface area (Å²) >= 11 is 0. The molecule has 0 fully saturated rings. The molecule has 4 aromatic rings. The summed E-state index contributed by atoms with van der Waals surface area (Å²) in [6, 6.07) is 19.8. The van der Waals surface area contributed by atoms with E-state index >= 15 is 0 Å². The molecule has 0 aliphatic rings. The van der Waals surface area contributed by atoms with Crippen molar-refractivity contribution < 1.29 is 4.21 Å². The fraction of sp³-hybridized carbons (Fsp3) is 0.250. The Morgan fingerprint density at radius 3 is 2.33 bits per heavy atom. The number of fused-ring (bicyclic) bond motifs is 1. The fourth-order valence-electron chi connectivity index (χ4n) is 3.45. The van der Waals surface area contributed by atoms with Crippen LogP contribution < -0.4 is 4.72 Å². The van der Waals surface area contributed by atoms with E-state index in [9.17, 15) is 4.21 Å². The number of nitrogens with one attached hydrogen (secondary N) is 1. The van der Waals surface area contributed by atoms with Crippen molar-refractivity contribution in [3.63, 3.8) is 0 Å². The van der Waals surface area contributed by atoms with Gasteiger partial charge in [-0.1, -0.05) is 51.1 Å². The molecule has 0 spiro atoms. The molecule has 0 amide bonds. The van der Waals surface area contributed by atoms with Gasteiger partial charge in [-0.25, -0.2) is 8.89 Å². The van der Waals surface area contributed by atoms with Crippen LogP contribution >= 0.6 is 0 Å². The zero-order chi connectivity index (χ0) is 21.5. The van der Waals surface area contributed by atoms with Crippen LogP contribution in [0, 0.1) is 13.8 Å². The van der Waals surface area contributed by atoms with Crippen molar-refractivity contribution in [1.82, 2.24) is 14.8 Å². The number of aryl methyl sites for hydroxylation is 2. The molecule has 30 heavy (non-hydrogen) atoms. The van der Waals surface area contributed by atoms with E-state index in [4.69, 9.17) is 0 Å². The number of benzene rings is 2. The molecule has 1 unspecified atom stereocenters. The molecule has 4 rings (SSSR count). The van der Waals surface area contributed by atoms with Crippen LogP contribution in [-0.4, -0.2) is 19.0 Å². The van der Waals surface area contributed by atoms with Crippen LogP contribution in [-0.2, 0) is 16.4 Å². The Kier molecular flexibility index (Phi) is 5.20. The third-order valence-electron chi connectivity index (χ3n) is 5.01. The first kappa shape index (κ1) is 20.3. The summed E-state index contributed by atoms with van der Waals surface area (Å²) in [5.41, 5.74) is 4.84. The van der Waals surface area contributed by atoms with Crippen molar-refractivity contribution in [3.8, 4) is 5.69 Å². The second-order valence-corrected chi connectivity index (χ2v) is 9.74. The molecular weight excluding hydrogens is 392 g/mol. The van der Waals surface area contributed by atoms with Gasteiger partial charge in [-0.2, -0.15) is 5.10 Å². The van der Waals surface area contributed by atoms with Crippen LogP contribution in [0.3, 0.4) is 0 Å². The topological polar surface area (TPSA) is 59.8 Å². The van der Waals surface area contributed by atoms with Crippen LogP contribution in [0.1, 0.15) is 37.7 Å². The van der Waals surface area contributed by atoms with Crippen LogP contribution in [0.2, 0.25) is 0 Å². The number of anilines is 1. The minimum atomic E-state index is -1.41. The van der Waals surface area contributed by atoms with E-state index in [1.54, 1.807) is 0 Å². The third kappa shape index (κ3) is 4.00. The summed E-state index contributed by atoms with van der Waals surface area (Å²) in [4.78, 5) is 5.34. The predicted octanol–water partition coefficient (Wildman–Crippen LogP) is 5.47. The minimum absolute atomic E-state index is 0.0590. The molecule has 0 aliphatic carbocycles. The van der Waals surface area contributed by atoms with Gasteiger partial charge < -0.3 is 0 Å². The predicted molar refractivity (Wildman–Crippen MR) is 124 cm³/mol. The first-order valence-electron chi connectivity index (χ1n) is 9.95. The van der Waals surface area contributed by atoms with Crippen LogP contribution in [0.15, 0.2) is 65.6 Å². The quantitative estimate of drug-likeness (QED) is 0.478. The molecule has 2 aromatic heterocycles. The normalized spacial score (nSPS) is 12.8. The summed E-state index contributed by atoms with van der Waals surface area (Å²) < 4.78 is 18.0. The average Bonchev–Trinajstić information content (AvgIpc) is 3.06. The van der Waals surface area contributed by atoms with E-state index in [-0.39, 0.29) is 5.41 Å². The maximum Gasteiger partial charge on any atom is 0.151 e. The first-order valence-corrected chi connectivity index (χ1v) is 11.1. The number of rotatable bonds is 4. The van der Waals surface area contributed by atoms with Crippen molar-refractivity contribution in [2.75, 3.05) is 4.72 Å². The van der Waals surface area contributed by atoms with Gasteiger partial charge in [0, 0.05) is 17.1 Å². The Morgan fingerprint density at radius 1 is 0.933 bits per heavy atom. The summed E-state index contributed by atoms with van der Waals surface area (Å²) in [6.07, 6.45) is 0. The Balaban J connectivity index is 1.71. The van der Waals surface area contributed by atoms with Crippen molar-refractivity contribution >= 4 is 27.7 Å². The van der Waals surface area contributed by atoms with Crippen LogP contribution in [0.5, 0.6) is 0 Å². The molecule has 1 N–H and O–H groups in total. The lowest BCUT2D eigenvalue weighted by Gasteiger charge is -2.19. The van der Waals surface area contributed by atoms with Crippen molar-refractivity contribution in [2.24, 2.45) is 0 Å². The van der Waals surface area contributed by atoms with Crippen molar-refractivity contribution in [1.29, 1.82) is 0 Å². The van der Waals surface area contributed by atoms with Gasteiger partial charge in [-0.3, -0.25) is 9.71 Å². The largest absolute Gasteiger partial charge is 0.285 e. The van der Waals surface area contributed by atoms with E-state index < -0.39 is 11.0 Å². The lowest BCUT2D eigenvalue weighted by molar-refractivity contribution is 0.589. The number of para-hydroxylation sites is 1. The Labute approximate surface area is 179 Å². The minimum Gasteiger partial charge on any atom is -0.285 e. The maximum atomic E-state index is 13.0. The lowest BCUT2D eigenvalue weighted by atomic mass is 9.87. The number of hydrogen-bond acceptors (Lipinski definition) is 3. The average molecular weight is 419 g/mol. The summed E-state index contributed by atoms with van der Waals surface area (Å²) in [5.74, 6) is 0.682. The second kappa shape index (κ2) is 7.69. The maximum absolute atomic E-state index is 13.0. The highest BCUT2D eigenvalue weighted by molar-refractivity contribution is 7.86. The molecule has 0 saturated carbocycles. The molecule has 154 valence electrons. The Bertz CT molecular complexity index is 1240. The summed E-state index contributed by atoms with van der Waals surface area (Å²) in [7, 11) is -1.41. The van der Waals surface area contributed by atoms with E-state index in [1.165, 1.54) is 5.56 Å². The van der Waals surface area contributed by atoms with Gasteiger partial charge in [-0.15, -0.1) is 0 Å². The molecule has 0 bridgehead atoms. The van der Waals surface area contributed by atoms with Crippen molar-refractivity contribution in [2.45, 2.75) is 44.9 Å². The molecule has 2 heterocycles. The highest BCUT2D eigenvalue weighted by Crippen LogP contribution is 2.27. The highest BCUT2D eigenvalue weighted by Gasteiger charge is 2.16. The molecular formula is C24H26N4OS. The van der Waals surface area contributed by atoms with Gasteiger partial charge in [0.15, 0.2) is 11.0 Å². The van der Waals surface area contributed by atoms with Gasteiger partial charge in [0.05, 0.1) is 21.8 Å². The van der Waals surface area contributed by atoms with E-state index in [2.05, 4.69) is 35.6 Å². The Morgan fingerprint density at radius 2 is 1.63 bits per heavy atom. The smallest absolute Gasteiger partial charge is 0.151 e. The molecule has 6 heteroatoms. The van der Waals surface area contributed by atoms with Gasteiger partial charge in [0.2, 0.25) is 0 Å². The summed E-state index contributed by atoms with van der Waals surface area (Å²) in [6.45, 7) is 10.4. The van der Waals surface area contributed by atoms with Crippen LogP contribution in [0.25, 0.3) is 16.6 Å². The molecule has 0 radical (unpaired) electrons. The SMILES string of the molecule is Cc1cc(-n2nc(C)cc2NS(=O)c2ccc(C(C)(C)C)cc2)c2ccccc2n1. The van der Waals surface area contributed by atoms with Crippen molar-refractivity contribution in [3.05, 3.63) is 77.6 Å². The standard InChI is InChI=1S/C24H26N4OS/c1-16-14-22(20-8-6-7-9-21(20)25-16)28-23(15-17(2)26-28)27-30(29)19-12-10-18(11-13-19)24(3,4)5/h6-15,27H,1-5H3. The van der Waals surface area contributed by atoms with Gasteiger partial charge in [-0.05, 0) is 49.1 Å². The zero-order valence-electron chi connectivity index (χ0n) is 17.9. The molecule has 2 aromatic carbocycles. The number of hydrogen-bond donors (Lipinski definition) is 1. The highest BCUT2D eigenvalue weighted by atomic mass is 32.2. The number of nitrogens with zero attached hydrogens (tertiary/aromatic N) is 3. The van der Waals surface area contributed by atoms with Gasteiger partial charge >= 0.3 is 0 Å². The first-order chi connectivity index (χ1) is 14.2. The van der Waals surface area contributed by atoms with Gasteiger partial charge in [0.25, 0.3) is 0 Å². The molecule has 5 nitrogen and oxygen atoms in total. The molecule has 0 aliphatic heterocycles. The molecule has 1 atom stereocenters. The van der Waals surface area contributed by atoms with E-state index in [0.29, 0.717) is 5.82 Å². The van der Waals surface area contributed by atoms with Gasteiger partial charge in [0.1, 0.15) is 5.82 Å². The third-order valence-corrected chi connectivity index (χ3v) is 6.11. The molecule has 0 saturated heterocycles. The number of pyridine rings is 1. The second-order valence-electron chi connectivity index (χ2n) is 8.53. The zero-order valence-corrected chi connectivity index (χ0v) is 18.7. The Hall–Kier alpha value is -2.99. The monoisotopic (exact) mass is 418 g/mol. The van der Waals surface area contributed by atoms with E-state index in [1.807, 2.05) is 79.2 Å². The van der Waals surface area contributed by atoms with E-state index in [0.717, 1.165) is 32.9 Å². The van der Waals surface area contributed by atoms with Crippen LogP contribution in [0.4, 0.5) is 5.82 Å². The number of aromatic nitrogens is 3. The summed E-state index contributed by atoms with van der Waals surface area (Å²) in [5, 5.41) is 5.65. The fourth-order valence-corrected chi connectivity index (χ4v) is 4.29.